The molecule has 196 valence electrons. The number of nitrogens with one attached hydrogen (secondary N) is 1. The van der Waals surface area contributed by atoms with Crippen molar-refractivity contribution in [1.29, 1.82) is 0 Å². The van der Waals surface area contributed by atoms with E-state index in [2.05, 4.69) is 15.2 Å². The molecule has 0 bridgehead atoms. The summed E-state index contributed by atoms with van der Waals surface area (Å²) >= 11 is -0.257. The van der Waals surface area contributed by atoms with Gasteiger partial charge in [-0.1, -0.05) is 0 Å². The van der Waals surface area contributed by atoms with Crippen LogP contribution in [-0.2, 0) is 16.1 Å². The zero-order valence-corrected chi connectivity index (χ0v) is 20.9. The predicted octanol–water partition coefficient (Wildman–Crippen LogP) is 4.48. The molecule has 0 radical (unpaired) electrons. The van der Waals surface area contributed by atoms with E-state index in [9.17, 15) is 27.6 Å². The van der Waals surface area contributed by atoms with Gasteiger partial charge in [0.05, 0.1) is 24.1 Å². The number of hydrogen-bond donors (Lipinski definition) is 1. The Morgan fingerprint density at radius 2 is 1.81 bits per heavy atom. The lowest BCUT2D eigenvalue weighted by atomic mass is 9.96. The topological polar surface area (TPSA) is 85.8 Å². The van der Waals surface area contributed by atoms with Crippen LogP contribution in [0.3, 0.4) is 0 Å². The monoisotopic (exact) mass is 533 g/mol. The minimum absolute atomic E-state index is 0.0323. The van der Waals surface area contributed by atoms with Crippen molar-refractivity contribution in [2.75, 3.05) is 30.4 Å². The van der Waals surface area contributed by atoms with Crippen LogP contribution < -0.4 is 10.2 Å². The summed E-state index contributed by atoms with van der Waals surface area (Å²) in [6, 6.07) is 6.37. The molecule has 3 fully saturated rings. The van der Waals surface area contributed by atoms with Gasteiger partial charge in [0.15, 0.2) is 0 Å². The van der Waals surface area contributed by atoms with E-state index in [1.807, 2.05) is 7.05 Å². The molecule has 1 N–H and O–H groups in total. The molecule has 3 heterocycles. The quantitative estimate of drug-likeness (QED) is 0.436. The standard InChI is InChI=1S/C25H26F3N5O3S/c1-31-12-7-16(8-13-31)21(34)30-20-14-29-11-6-17(20)15-32-23(36)33(22(35)24(32)9-10-24)18-2-4-19(5-3-18)37-25(26,27)28/h2-6,11,14,16H,7-10,12-13,15H2,1H3,(H,30,34). The first-order chi connectivity index (χ1) is 17.6. The highest BCUT2D eigenvalue weighted by Gasteiger charge is 2.65. The first-order valence-corrected chi connectivity index (χ1v) is 12.8. The zero-order chi connectivity index (χ0) is 26.4. The minimum Gasteiger partial charge on any atom is -0.324 e. The third kappa shape index (κ3) is 5.17. The number of thioether (sulfide) groups is 1. The van der Waals surface area contributed by atoms with Gasteiger partial charge in [0.2, 0.25) is 5.91 Å². The number of benzene rings is 1. The molecule has 1 saturated carbocycles. The molecule has 37 heavy (non-hydrogen) atoms. The summed E-state index contributed by atoms with van der Waals surface area (Å²) in [6.07, 6.45) is 5.62. The number of imide groups is 1. The van der Waals surface area contributed by atoms with E-state index >= 15 is 0 Å². The van der Waals surface area contributed by atoms with E-state index < -0.39 is 17.1 Å². The summed E-state index contributed by atoms with van der Waals surface area (Å²) in [5, 5.41) is 2.96. The highest BCUT2D eigenvalue weighted by molar-refractivity contribution is 8.00. The maximum Gasteiger partial charge on any atom is 0.446 e. The first-order valence-electron chi connectivity index (χ1n) is 12.0. The summed E-state index contributed by atoms with van der Waals surface area (Å²) in [7, 11) is 2.02. The smallest absolute Gasteiger partial charge is 0.324 e. The molecule has 2 aromatic rings. The number of anilines is 2. The maximum absolute atomic E-state index is 13.4. The van der Waals surface area contributed by atoms with Crippen molar-refractivity contribution >= 4 is 41.0 Å². The molecule has 0 unspecified atom stereocenters. The van der Waals surface area contributed by atoms with Crippen LogP contribution in [0.25, 0.3) is 0 Å². The molecule has 4 amide bonds. The lowest BCUT2D eigenvalue weighted by molar-refractivity contribution is -0.121. The van der Waals surface area contributed by atoms with Gasteiger partial charge < -0.3 is 15.1 Å². The molecule has 1 aliphatic carbocycles. The molecule has 1 spiro atoms. The number of rotatable bonds is 6. The lowest BCUT2D eigenvalue weighted by Crippen LogP contribution is -2.37. The molecule has 8 nitrogen and oxygen atoms in total. The average molecular weight is 534 g/mol. The van der Waals surface area contributed by atoms with E-state index in [-0.39, 0.29) is 46.6 Å². The van der Waals surface area contributed by atoms with Crippen LogP contribution >= 0.6 is 11.8 Å². The number of halogens is 3. The Morgan fingerprint density at radius 3 is 2.43 bits per heavy atom. The Balaban J connectivity index is 1.33. The summed E-state index contributed by atoms with van der Waals surface area (Å²) < 4.78 is 38.0. The van der Waals surface area contributed by atoms with Crippen molar-refractivity contribution in [3.63, 3.8) is 0 Å². The Bertz CT molecular complexity index is 1210. The molecular weight excluding hydrogens is 507 g/mol. The second kappa shape index (κ2) is 9.64. The van der Waals surface area contributed by atoms with Crippen LogP contribution in [0.15, 0.2) is 47.6 Å². The second-order valence-corrected chi connectivity index (χ2v) is 10.8. The zero-order valence-electron chi connectivity index (χ0n) is 20.1. The van der Waals surface area contributed by atoms with Crippen LogP contribution in [0, 0.1) is 5.92 Å². The number of carbonyl (C=O) groups excluding carboxylic acids is 3. The summed E-state index contributed by atoms with van der Waals surface area (Å²) in [4.78, 5) is 48.4. The summed E-state index contributed by atoms with van der Waals surface area (Å²) in [5.74, 6) is -0.589. The Hall–Kier alpha value is -3.12. The van der Waals surface area contributed by atoms with Gasteiger partial charge in [0.25, 0.3) is 5.91 Å². The van der Waals surface area contributed by atoms with Gasteiger partial charge in [0, 0.05) is 17.0 Å². The number of likely N-dealkylation sites (tertiary alicyclic amines) is 1. The molecule has 2 saturated heterocycles. The van der Waals surface area contributed by atoms with Gasteiger partial charge in [-0.05, 0) is 93.5 Å². The van der Waals surface area contributed by atoms with E-state index in [1.165, 1.54) is 29.2 Å². The van der Waals surface area contributed by atoms with Crippen LogP contribution in [0.1, 0.15) is 31.2 Å². The second-order valence-electron chi connectivity index (χ2n) is 9.68. The number of piperidine rings is 1. The van der Waals surface area contributed by atoms with Crippen molar-refractivity contribution in [2.45, 2.75) is 48.2 Å². The molecule has 0 atom stereocenters. The van der Waals surface area contributed by atoms with E-state index in [0.717, 1.165) is 30.8 Å². The largest absolute Gasteiger partial charge is 0.446 e. The summed E-state index contributed by atoms with van der Waals surface area (Å²) in [5.41, 5.74) is -4.03. The molecule has 3 aliphatic rings. The number of alkyl halides is 3. The number of nitrogens with zero attached hydrogens (tertiary/aromatic N) is 4. The molecule has 1 aromatic heterocycles. The van der Waals surface area contributed by atoms with E-state index in [4.69, 9.17) is 0 Å². The molecule has 12 heteroatoms. The lowest BCUT2D eigenvalue weighted by Gasteiger charge is -2.28. The third-order valence-corrected chi connectivity index (χ3v) is 7.92. The highest BCUT2D eigenvalue weighted by atomic mass is 32.2. The fraction of sp³-hybridized carbons (Fsp3) is 0.440. The van der Waals surface area contributed by atoms with Gasteiger partial charge in [-0.3, -0.25) is 14.6 Å². The normalized spacial score (nSPS) is 20.1. The Labute approximate surface area is 216 Å². The third-order valence-electron chi connectivity index (χ3n) is 7.18. The van der Waals surface area contributed by atoms with Gasteiger partial charge in [-0.15, -0.1) is 0 Å². The Morgan fingerprint density at radius 1 is 1.14 bits per heavy atom. The van der Waals surface area contributed by atoms with Crippen LogP contribution in [-0.4, -0.2) is 63.8 Å². The maximum atomic E-state index is 13.4. The average Bonchev–Trinajstić information content (AvgIpc) is 3.62. The first kappa shape index (κ1) is 25.5. The Kier molecular flexibility index (Phi) is 6.65. The van der Waals surface area contributed by atoms with Crippen LogP contribution in [0.5, 0.6) is 0 Å². The van der Waals surface area contributed by atoms with Crippen molar-refractivity contribution < 1.29 is 27.6 Å². The van der Waals surface area contributed by atoms with Gasteiger partial charge in [0.1, 0.15) is 5.54 Å². The summed E-state index contributed by atoms with van der Waals surface area (Å²) in [6.45, 7) is 1.78. The van der Waals surface area contributed by atoms with Gasteiger partial charge >= 0.3 is 11.5 Å². The van der Waals surface area contributed by atoms with Crippen LogP contribution in [0.2, 0.25) is 0 Å². The van der Waals surface area contributed by atoms with Crippen molar-refractivity contribution in [3.05, 3.63) is 48.3 Å². The van der Waals surface area contributed by atoms with Gasteiger partial charge in [-0.25, -0.2) is 9.69 Å². The number of amides is 4. The SMILES string of the molecule is CN1CCC(C(=O)Nc2cnccc2CN2C(=O)N(c3ccc(SC(F)(F)F)cc3)C(=O)C23CC3)CC1. The fourth-order valence-corrected chi connectivity index (χ4v) is 5.45. The fourth-order valence-electron chi connectivity index (χ4n) is 4.91. The molecular formula is C25H26F3N5O3S. The number of aromatic nitrogens is 1. The number of carbonyl (C=O) groups is 3. The van der Waals surface area contributed by atoms with Crippen molar-refractivity contribution in [2.24, 2.45) is 5.92 Å². The van der Waals surface area contributed by atoms with E-state index in [0.29, 0.717) is 24.1 Å². The minimum atomic E-state index is -4.43. The van der Waals surface area contributed by atoms with Crippen molar-refractivity contribution in [1.82, 2.24) is 14.8 Å². The molecule has 5 rings (SSSR count). The number of pyridine rings is 1. The van der Waals surface area contributed by atoms with Crippen LogP contribution in [0.4, 0.5) is 29.3 Å². The predicted molar refractivity (Wildman–Crippen MR) is 132 cm³/mol. The number of urea groups is 1. The highest BCUT2D eigenvalue weighted by Crippen LogP contribution is 2.50. The number of hydrogen-bond acceptors (Lipinski definition) is 6. The molecule has 2 aliphatic heterocycles. The van der Waals surface area contributed by atoms with E-state index in [1.54, 1.807) is 18.5 Å². The van der Waals surface area contributed by atoms with Crippen molar-refractivity contribution in [3.8, 4) is 0 Å². The van der Waals surface area contributed by atoms with Gasteiger partial charge in [-0.2, -0.15) is 13.2 Å². The molecule has 1 aromatic carbocycles.